The van der Waals surface area contributed by atoms with Crippen LogP contribution in [-0.4, -0.2) is 72.4 Å². The lowest BCUT2D eigenvalue weighted by Gasteiger charge is -2.48. The normalized spacial score (nSPS) is 31.5. The van der Waals surface area contributed by atoms with E-state index in [4.69, 9.17) is 36.3 Å². The minimum Gasteiger partial charge on any atom is -0.376 e. The van der Waals surface area contributed by atoms with Gasteiger partial charge in [-0.05, 0) is 12.5 Å². The Hall–Kier alpha value is -1.72. The van der Waals surface area contributed by atoms with Gasteiger partial charge < -0.3 is 29.6 Å². The zero-order valence-electron chi connectivity index (χ0n) is 18.1. The fraction of sp³-hybridized carbons (Fsp3) is 0.478. The van der Waals surface area contributed by atoms with Crippen molar-refractivity contribution < 1.29 is 23.7 Å². The molecule has 1 amide bonds. The summed E-state index contributed by atoms with van der Waals surface area (Å²) in [6.45, 7) is 1.80. The number of carbonyl (C=O) groups excluding carboxylic acids is 1. The van der Waals surface area contributed by atoms with Gasteiger partial charge in [0, 0.05) is 36.9 Å². The molecular weight excluding hydrogens is 466 g/mol. The number of fused-ring (bicyclic) bond motifs is 1. The molecule has 8 nitrogen and oxygen atoms in total. The third-order valence-corrected chi connectivity index (χ3v) is 7.53. The predicted octanol–water partition coefficient (Wildman–Crippen LogP) is 2.85. The van der Waals surface area contributed by atoms with E-state index in [-0.39, 0.29) is 12.0 Å². The molecule has 3 saturated heterocycles. The lowest BCUT2D eigenvalue weighted by atomic mass is 9.97. The van der Waals surface area contributed by atoms with Crippen molar-refractivity contribution in [2.75, 3.05) is 26.8 Å². The number of rotatable bonds is 5. The number of likely N-dealkylation sites (tertiary alicyclic amines) is 1. The van der Waals surface area contributed by atoms with Gasteiger partial charge in [-0.2, -0.15) is 0 Å². The number of carbonyl (C=O) groups is 1. The van der Waals surface area contributed by atoms with Crippen molar-refractivity contribution in [2.24, 2.45) is 5.73 Å². The average Bonchev–Trinajstić information content (AvgIpc) is 2.79. The number of hydrogen-bond donors (Lipinski definition) is 1. The summed E-state index contributed by atoms with van der Waals surface area (Å²) >= 11 is 7.56. The van der Waals surface area contributed by atoms with Crippen LogP contribution in [0, 0.1) is 0 Å². The Balaban J connectivity index is 1.35. The van der Waals surface area contributed by atoms with Gasteiger partial charge >= 0.3 is 0 Å². The molecule has 0 bridgehead atoms. The first-order chi connectivity index (χ1) is 16.0. The summed E-state index contributed by atoms with van der Waals surface area (Å²) in [4.78, 5) is 19.6. The van der Waals surface area contributed by atoms with E-state index in [1.165, 1.54) is 18.0 Å². The molecule has 6 unspecified atom stereocenters. The van der Waals surface area contributed by atoms with Crippen LogP contribution in [0.2, 0.25) is 5.02 Å². The Bertz CT molecular complexity index is 995. The minimum absolute atomic E-state index is 0.109. The van der Waals surface area contributed by atoms with Crippen LogP contribution in [0.25, 0.3) is 0 Å². The average molecular weight is 492 g/mol. The smallest absolute Gasteiger partial charge is 0.273 e. The molecule has 2 aromatic rings. The summed E-state index contributed by atoms with van der Waals surface area (Å²) in [6.07, 6.45) is 0.735. The molecule has 6 atom stereocenters. The number of methoxy groups -OCH3 is 1. The third-order valence-electron chi connectivity index (χ3n) is 6.15. The second-order valence-electron chi connectivity index (χ2n) is 8.26. The Morgan fingerprint density at radius 1 is 1.27 bits per heavy atom. The molecule has 0 saturated carbocycles. The molecule has 10 heteroatoms. The van der Waals surface area contributed by atoms with Crippen molar-refractivity contribution in [3.05, 3.63) is 58.9 Å². The molecule has 0 spiro atoms. The number of benzene rings is 1. The van der Waals surface area contributed by atoms with Crippen LogP contribution in [0.3, 0.4) is 0 Å². The first-order valence-corrected chi connectivity index (χ1v) is 12.2. The highest BCUT2D eigenvalue weighted by atomic mass is 35.5. The van der Waals surface area contributed by atoms with Crippen LogP contribution in [0.1, 0.15) is 28.8 Å². The number of halogens is 1. The van der Waals surface area contributed by atoms with Crippen molar-refractivity contribution in [3.8, 4) is 0 Å². The van der Waals surface area contributed by atoms with Crippen LogP contribution in [0.4, 0.5) is 0 Å². The van der Waals surface area contributed by atoms with E-state index in [2.05, 4.69) is 4.98 Å². The van der Waals surface area contributed by atoms with E-state index in [9.17, 15) is 4.79 Å². The summed E-state index contributed by atoms with van der Waals surface area (Å²) in [7, 11) is 1.60. The molecule has 4 heterocycles. The topological polar surface area (TPSA) is 96.1 Å². The van der Waals surface area contributed by atoms with Gasteiger partial charge in [0.15, 0.2) is 6.29 Å². The zero-order chi connectivity index (χ0) is 22.9. The molecule has 1 aromatic heterocycles. The molecule has 0 radical (unpaired) electrons. The molecule has 3 aliphatic rings. The lowest BCUT2D eigenvalue weighted by Crippen LogP contribution is -2.64. The first kappa shape index (κ1) is 23.0. The van der Waals surface area contributed by atoms with Crippen LogP contribution in [0.15, 0.2) is 47.5 Å². The Labute approximate surface area is 201 Å². The summed E-state index contributed by atoms with van der Waals surface area (Å²) in [5, 5.41) is 0.444. The number of aromatic nitrogens is 1. The summed E-state index contributed by atoms with van der Waals surface area (Å²) in [5.74, 6) is -0.109. The minimum atomic E-state index is -0.512. The molecule has 3 aliphatic heterocycles. The monoisotopic (exact) mass is 491 g/mol. The third kappa shape index (κ3) is 4.64. The van der Waals surface area contributed by atoms with Crippen molar-refractivity contribution in [1.82, 2.24) is 9.88 Å². The van der Waals surface area contributed by atoms with Crippen LogP contribution >= 0.6 is 23.4 Å². The van der Waals surface area contributed by atoms with E-state index in [1.807, 2.05) is 30.3 Å². The molecule has 0 aliphatic carbocycles. The number of nitrogens with two attached hydrogens (primary N) is 1. The summed E-state index contributed by atoms with van der Waals surface area (Å²) < 4.78 is 24.2. The first-order valence-electron chi connectivity index (χ1n) is 10.9. The van der Waals surface area contributed by atoms with E-state index in [0.29, 0.717) is 22.2 Å². The van der Waals surface area contributed by atoms with Crippen LogP contribution < -0.4 is 5.73 Å². The van der Waals surface area contributed by atoms with Gasteiger partial charge in [-0.1, -0.05) is 53.7 Å². The number of amides is 1. The molecule has 5 rings (SSSR count). The number of thioether (sulfide) groups is 1. The van der Waals surface area contributed by atoms with Gasteiger partial charge in [0.05, 0.1) is 17.7 Å². The van der Waals surface area contributed by atoms with Gasteiger partial charge in [-0.25, -0.2) is 4.98 Å². The molecule has 176 valence electrons. The number of pyridine rings is 1. The number of ether oxygens (including phenoxy) is 4. The summed E-state index contributed by atoms with van der Waals surface area (Å²) in [6, 6.07) is 11.0. The zero-order valence-corrected chi connectivity index (χ0v) is 19.7. The lowest BCUT2D eigenvalue weighted by molar-refractivity contribution is -0.298. The highest BCUT2D eigenvalue weighted by Gasteiger charge is 2.49. The van der Waals surface area contributed by atoms with Crippen LogP contribution in [0.5, 0.6) is 0 Å². The second-order valence-corrected chi connectivity index (χ2v) is 9.84. The van der Waals surface area contributed by atoms with E-state index in [1.54, 1.807) is 18.1 Å². The molecular formula is C23H26ClN3O5S. The van der Waals surface area contributed by atoms with Crippen molar-refractivity contribution in [3.63, 3.8) is 0 Å². The molecule has 33 heavy (non-hydrogen) atoms. The van der Waals surface area contributed by atoms with E-state index < -0.39 is 30.0 Å². The SMILES string of the molecule is COC1C(Sc2cc(Cl)cnc2C(=O)N2CCC2)OC2COC(c3ccccc3)OC2C1N. The Morgan fingerprint density at radius 3 is 2.76 bits per heavy atom. The fourth-order valence-corrected chi connectivity index (χ4v) is 5.78. The molecule has 2 N–H and O–H groups in total. The van der Waals surface area contributed by atoms with Crippen molar-refractivity contribution >= 4 is 29.3 Å². The van der Waals surface area contributed by atoms with E-state index in [0.717, 1.165) is 25.1 Å². The quantitative estimate of drug-likeness (QED) is 0.682. The Morgan fingerprint density at radius 2 is 2.06 bits per heavy atom. The largest absolute Gasteiger partial charge is 0.376 e. The maximum absolute atomic E-state index is 12.9. The molecule has 1 aromatic carbocycles. The number of nitrogens with zero attached hydrogens (tertiary/aromatic N) is 2. The standard InChI is InChI=1S/C23H26ClN3O5S/c1-29-20-17(25)19-15(12-30-22(32-19)13-6-3-2-4-7-13)31-23(20)33-16-10-14(24)11-26-18(16)21(28)27-8-5-9-27/h2-4,6-7,10-11,15,17,19-20,22-23H,5,8-9,12,25H2,1H3. The number of hydrogen-bond acceptors (Lipinski definition) is 8. The van der Waals surface area contributed by atoms with Gasteiger partial charge in [0.1, 0.15) is 29.4 Å². The molecule has 3 fully saturated rings. The van der Waals surface area contributed by atoms with E-state index >= 15 is 0 Å². The van der Waals surface area contributed by atoms with Crippen molar-refractivity contribution in [2.45, 2.75) is 47.4 Å². The van der Waals surface area contributed by atoms with Gasteiger partial charge in [0.2, 0.25) is 0 Å². The Kier molecular flexibility index (Phi) is 6.89. The maximum atomic E-state index is 12.9. The maximum Gasteiger partial charge on any atom is 0.273 e. The highest BCUT2D eigenvalue weighted by molar-refractivity contribution is 8.00. The van der Waals surface area contributed by atoms with Gasteiger partial charge in [0.25, 0.3) is 5.91 Å². The van der Waals surface area contributed by atoms with Gasteiger partial charge in [-0.15, -0.1) is 0 Å². The second kappa shape index (κ2) is 9.87. The predicted molar refractivity (Wildman–Crippen MR) is 123 cm³/mol. The summed E-state index contributed by atoms with van der Waals surface area (Å²) in [5.41, 5.74) is 7.41. The van der Waals surface area contributed by atoms with Crippen molar-refractivity contribution in [1.29, 1.82) is 0 Å². The fourth-order valence-electron chi connectivity index (χ4n) is 4.23. The van der Waals surface area contributed by atoms with Gasteiger partial charge in [-0.3, -0.25) is 4.79 Å². The van der Waals surface area contributed by atoms with Crippen LogP contribution in [-0.2, 0) is 18.9 Å². The highest BCUT2D eigenvalue weighted by Crippen LogP contribution is 2.40.